The van der Waals surface area contributed by atoms with Gasteiger partial charge in [-0.2, -0.15) is 0 Å². The topological polar surface area (TPSA) is 51.2 Å². The Morgan fingerprint density at radius 3 is 2.88 bits per heavy atom. The molecule has 6 heteroatoms. The monoisotopic (exact) mass is 358 g/mol. The van der Waals surface area contributed by atoms with E-state index in [4.69, 9.17) is 16.3 Å². The zero-order valence-electron chi connectivity index (χ0n) is 12.7. The summed E-state index contributed by atoms with van der Waals surface area (Å²) in [7, 11) is 0. The van der Waals surface area contributed by atoms with Gasteiger partial charge >= 0.3 is 0 Å². The number of hydrogen-bond donors (Lipinski definition) is 1. The van der Waals surface area contributed by atoms with Gasteiger partial charge < -0.3 is 10.1 Å². The van der Waals surface area contributed by atoms with Gasteiger partial charge in [-0.25, -0.2) is 4.98 Å². The molecule has 0 aliphatic heterocycles. The number of nitrogens with one attached hydrogen (secondary N) is 1. The fourth-order valence-electron chi connectivity index (χ4n) is 2.12. The van der Waals surface area contributed by atoms with Gasteiger partial charge in [-0.3, -0.25) is 4.79 Å². The first-order valence-electron chi connectivity index (χ1n) is 7.33. The third-order valence-corrected chi connectivity index (χ3v) is 4.18. The predicted molar refractivity (Wildman–Crippen MR) is 95.5 cm³/mol. The summed E-state index contributed by atoms with van der Waals surface area (Å²) < 4.78 is 5.67. The highest BCUT2D eigenvalue weighted by molar-refractivity contribution is 7.07. The molecule has 0 saturated heterocycles. The number of rotatable bonds is 6. The van der Waals surface area contributed by atoms with Crippen LogP contribution in [0.5, 0.6) is 5.75 Å². The highest BCUT2D eigenvalue weighted by Crippen LogP contribution is 2.16. The van der Waals surface area contributed by atoms with E-state index in [1.165, 1.54) is 11.3 Å². The molecule has 2 aromatic carbocycles. The molecule has 1 heterocycles. The molecule has 1 aromatic heterocycles. The molecule has 4 nitrogen and oxygen atoms in total. The van der Waals surface area contributed by atoms with Crippen molar-refractivity contribution in [1.82, 2.24) is 10.3 Å². The molecule has 1 N–H and O–H groups in total. The largest absolute Gasteiger partial charge is 0.487 e. The summed E-state index contributed by atoms with van der Waals surface area (Å²) in [5, 5.41) is 5.46. The molecule has 0 saturated carbocycles. The Labute approximate surface area is 149 Å². The smallest absolute Gasteiger partial charge is 0.251 e. The van der Waals surface area contributed by atoms with Gasteiger partial charge in [-0.05, 0) is 35.9 Å². The molecule has 0 aliphatic carbocycles. The number of halogens is 1. The first-order chi connectivity index (χ1) is 11.7. The summed E-state index contributed by atoms with van der Waals surface area (Å²) in [6.07, 6.45) is 0. The minimum atomic E-state index is -0.158. The van der Waals surface area contributed by atoms with Crippen LogP contribution in [0, 0.1) is 0 Å². The molecule has 24 heavy (non-hydrogen) atoms. The van der Waals surface area contributed by atoms with Crippen molar-refractivity contribution in [3.05, 3.63) is 81.3 Å². The van der Waals surface area contributed by atoms with E-state index in [0.717, 1.165) is 11.3 Å². The van der Waals surface area contributed by atoms with E-state index in [-0.39, 0.29) is 5.91 Å². The molecule has 0 aliphatic rings. The van der Waals surface area contributed by atoms with Crippen LogP contribution >= 0.6 is 22.9 Å². The Kier molecular flexibility index (Phi) is 5.46. The first-order valence-corrected chi connectivity index (χ1v) is 8.65. The molecule has 0 fully saturated rings. The van der Waals surface area contributed by atoms with Crippen molar-refractivity contribution in [3.8, 4) is 5.75 Å². The standard InChI is InChI=1S/C18H15ClN2O2S/c19-15-5-1-3-13(7-15)9-20-18(22)14-4-2-6-17(8-14)23-10-16-11-24-12-21-16/h1-8,11-12H,9-10H2,(H,20,22). The third kappa shape index (κ3) is 4.57. The Morgan fingerprint density at radius 2 is 2.08 bits per heavy atom. The lowest BCUT2D eigenvalue weighted by Gasteiger charge is -2.08. The Hall–Kier alpha value is -2.37. The van der Waals surface area contributed by atoms with Gasteiger partial charge in [0.2, 0.25) is 0 Å². The van der Waals surface area contributed by atoms with Crippen molar-refractivity contribution in [3.63, 3.8) is 0 Å². The Morgan fingerprint density at radius 1 is 1.21 bits per heavy atom. The van der Waals surface area contributed by atoms with Crippen molar-refractivity contribution >= 4 is 28.8 Å². The minimum Gasteiger partial charge on any atom is -0.487 e. The van der Waals surface area contributed by atoms with Crippen molar-refractivity contribution in [2.45, 2.75) is 13.2 Å². The molecule has 0 bridgehead atoms. The summed E-state index contributed by atoms with van der Waals surface area (Å²) in [6.45, 7) is 0.806. The van der Waals surface area contributed by atoms with Crippen LogP contribution in [0.1, 0.15) is 21.6 Å². The number of carbonyl (C=O) groups is 1. The third-order valence-electron chi connectivity index (χ3n) is 3.31. The van der Waals surface area contributed by atoms with Gasteiger partial charge in [0.15, 0.2) is 0 Å². The highest BCUT2D eigenvalue weighted by Gasteiger charge is 2.07. The van der Waals surface area contributed by atoms with E-state index < -0.39 is 0 Å². The molecule has 3 rings (SSSR count). The molecule has 0 radical (unpaired) electrons. The molecule has 0 unspecified atom stereocenters. The number of amides is 1. The maximum absolute atomic E-state index is 12.3. The molecule has 3 aromatic rings. The lowest BCUT2D eigenvalue weighted by molar-refractivity contribution is 0.0950. The Balaban J connectivity index is 1.59. The van der Waals surface area contributed by atoms with Crippen LogP contribution in [-0.4, -0.2) is 10.9 Å². The van der Waals surface area contributed by atoms with Gasteiger partial charge in [0.25, 0.3) is 5.91 Å². The summed E-state index contributed by atoms with van der Waals surface area (Å²) >= 11 is 7.47. The van der Waals surface area contributed by atoms with Crippen LogP contribution < -0.4 is 10.1 Å². The predicted octanol–water partition coefficient (Wildman–Crippen LogP) is 4.31. The molecule has 0 atom stereocenters. The van der Waals surface area contributed by atoms with Crippen molar-refractivity contribution in [1.29, 1.82) is 0 Å². The molecular weight excluding hydrogens is 344 g/mol. The summed E-state index contributed by atoms with van der Waals surface area (Å²) in [4.78, 5) is 16.4. The lowest BCUT2D eigenvalue weighted by atomic mass is 10.2. The number of hydrogen-bond acceptors (Lipinski definition) is 4. The summed E-state index contributed by atoms with van der Waals surface area (Å²) in [5.74, 6) is 0.479. The second-order valence-corrected chi connectivity index (χ2v) is 6.26. The Bertz CT molecular complexity index is 821. The van der Waals surface area contributed by atoms with Gasteiger partial charge in [-0.15, -0.1) is 11.3 Å². The van der Waals surface area contributed by atoms with Crippen LogP contribution in [0.25, 0.3) is 0 Å². The maximum atomic E-state index is 12.3. The first kappa shape index (κ1) is 16.5. The van der Waals surface area contributed by atoms with E-state index in [0.29, 0.717) is 29.5 Å². The highest BCUT2D eigenvalue weighted by atomic mass is 35.5. The second kappa shape index (κ2) is 7.95. The van der Waals surface area contributed by atoms with Crippen LogP contribution in [0.4, 0.5) is 0 Å². The molecule has 0 spiro atoms. The van der Waals surface area contributed by atoms with Crippen molar-refractivity contribution in [2.24, 2.45) is 0 Å². The van der Waals surface area contributed by atoms with E-state index in [9.17, 15) is 4.79 Å². The van der Waals surface area contributed by atoms with Gasteiger partial charge in [-0.1, -0.05) is 29.8 Å². The number of ether oxygens (including phenoxy) is 1. The summed E-state index contributed by atoms with van der Waals surface area (Å²) in [6, 6.07) is 14.5. The van der Waals surface area contributed by atoms with E-state index in [2.05, 4.69) is 10.3 Å². The zero-order chi connectivity index (χ0) is 16.8. The lowest BCUT2D eigenvalue weighted by Crippen LogP contribution is -2.22. The number of aromatic nitrogens is 1. The van der Waals surface area contributed by atoms with Crippen molar-refractivity contribution in [2.75, 3.05) is 0 Å². The SMILES string of the molecule is O=C(NCc1cccc(Cl)c1)c1cccc(OCc2cscn2)c1. The van der Waals surface area contributed by atoms with E-state index >= 15 is 0 Å². The summed E-state index contributed by atoms with van der Waals surface area (Å²) in [5.41, 5.74) is 4.13. The average Bonchev–Trinajstić information content (AvgIpc) is 3.12. The number of thiazole rings is 1. The van der Waals surface area contributed by atoms with Crippen LogP contribution in [0.3, 0.4) is 0 Å². The quantitative estimate of drug-likeness (QED) is 0.714. The number of benzene rings is 2. The van der Waals surface area contributed by atoms with Gasteiger partial charge in [0, 0.05) is 22.5 Å². The fourth-order valence-corrected chi connectivity index (χ4v) is 2.88. The maximum Gasteiger partial charge on any atom is 0.251 e. The van der Waals surface area contributed by atoms with Crippen molar-refractivity contribution < 1.29 is 9.53 Å². The van der Waals surface area contributed by atoms with Crippen LogP contribution in [0.2, 0.25) is 5.02 Å². The second-order valence-electron chi connectivity index (χ2n) is 5.11. The van der Waals surface area contributed by atoms with E-state index in [1.807, 2.05) is 29.6 Å². The fraction of sp³-hybridized carbons (Fsp3) is 0.111. The average molecular weight is 359 g/mol. The van der Waals surface area contributed by atoms with E-state index in [1.54, 1.807) is 29.8 Å². The number of carbonyl (C=O) groups excluding carboxylic acids is 1. The van der Waals surface area contributed by atoms with Gasteiger partial charge in [0.1, 0.15) is 12.4 Å². The molecular formula is C18H15ClN2O2S. The van der Waals surface area contributed by atoms with Crippen LogP contribution in [-0.2, 0) is 13.2 Å². The minimum absolute atomic E-state index is 0.158. The van der Waals surface area contributed by atoms with Gasteiger partial charge in [0.05, 0.1) is 11.2 Å². The number of nitrogens with zero attached hydrogens (tertiary/aromatic N) is 1. The van der Waals surface area contributed by atoms with Crippen LogP contribution in [0.15, 0.2) is 59.4 Å². The molecule has 122 valence electrons. The normalized spacial score (nSPS) is 10.4. The zero-order valence-corrected chi connectivity index (χ0v) is 14.3. The molecule has 1 amide bonds.